The number of anilines is 1. The van der Waals surface area contributed by atoms with Crippen LogP contribution in [0.3, 0.4) is 0 Å². The second-order valence-electron chi connectivity index (χ2n) is 4.06. The lowest BCUT2D eigenvalue weighted by molar-refractivity contribution is 0.482. The molecule has 4 nitrogen and oxygen atoms in total. The fourth-order valence-corrected chi connectivity index (χ4v) is 1.83. The summed E-state index contributed by atoms with van der Waals surface area (Å²) in [5.41, 5.74) is 6.71. The fraction of sp³-hybridized carbons (Fsp3) is 0. The van der Waals surface area contributed by atoms with E-state index in [4.69, 9.17) is 10.5 Å². The smallest absolute Gasteiger partial charge is 0.204 e. The molecule has 0 fully saturated rings. The number of benzene rings is 2. The first-order chi connectivity index (χ1) is 9.33. The van der Waals surface area contributed by atoms with Crippen LogP contribution in [0.15, 0.2) is 67.0 Å². The highest BCUT2D eigenvalue weighted by Crippen LogP contribution is 2.22. The SMILES string of the molecule is Nc1nccn1-c1ccc(Oc2ccccc2)cc1. The Bertz CT molecular complexity index is 659. The van der Waals surface area contributed by atoms with Gasteiger partial charge in [0.1, 0.15) is 11.5 Å². The Morgan fingerprint density at radius 1 is 0.895 bits per heavy atom. The lowest BCUT2D eigenvalue weighted by Gasteiger charge is -2.08. The van der Waals surface area contributed by atoms with E-state index in [9.17, 15) is 0 Å². The number of hydrogen-bond donors (Lipinski definition) is 1. The third-order valence-electron chi connectivity index (χ3n) is 2.76. The molecule has 2 N–H and O–H groups in total. The van der Waals surface area contributed by atoms with Crippen molar-refractivity contribution in [1.82, 2.24) is 9.55 Å². The van der Waals surface area contributed by atoms with Crippen LogP contribution in [0.1, 0.15) is 0 Å². The predicted octanol–water partition coefficient (Wildman–Crippen LogP) is 3.25. The van der Waals surface area contributed by atoms with Crippen molar-refractivity contribution in [3.63, 3.8) is 0 Å². The molecule has 0 aliphatic rings. The third kappa shape index (κ3) is 2.42. The molecule has 1 heterocycles. The van der Waals surface area contributed by atoms with E-state index in [1.807, 2.05) is 65.4 Å². The van der Waals surface area contributed by atoms with Gasteiger partial charge in [-0.3, -0.25) is 4.57 Å². The van der Waals surface area contributed by atoms with Gasteiger partial charge in [0, 0.05) is 18.1 Å². The molecule has 2 aromatic carbocycles. The molecule has 3 aromatic rings. The van der Waals surface area contributed by atoms with Gasteiger partial charge in [0.2, 0.25) is 5.95 Å². The van der Waals surface area contributed by atoms with Crippen molar-refractivity contribution in [1.29, 1.82) is 0 Å². The van der Waals surface area contributed by atoms with Gasteiger partial charge in [-0.2, -0.15) is 0 Å². The van der Waals surface area contributed by atoms with E-state index in [2.05, 4.69) is 4.98 Å². The number of rotatable bonds is 3. The zero-order valence-corrected chi connectivity index (χ0v) is 10.2. The van der Waals surface area contributed by atoms with Crippen molar-refractivity contribution in [2.24, 2.45) is 0 Å². The van der Waals surface area contributed by atoms with E-state index in [0.29, 0.717) is 5.95 Å². The van der Waals surface area contributed by atoms with Crippen LogP contribution in [0.2, 0.25) is 0 Å². The van der Waals surface area contributed by atoms with E-state index in [1.54, 1.807) is 6.20 Å². The maximum absolute atomic E-state index is 5.75. The topological polar surface area (TPSA) is 53.1 Å². The van der Waals surface area contributed by atoms with Crippen LogP contribution in [0.5, 0.6) is 11.5 Å². The van der Waals surface area contributed by atoms with Crippen molar-refractivity contribution in [2.75, 3.05) is 5.73 Å². The van der Waals surface area contributed by atoms with Crippen LogP contribution in [-0.2, 0) is 0 Å². The van der Waals surface area contributed by atoms with Crippen LogP contribution in [-0.4, -0.2) is 9.55 Å². The lowest BCUT2D eigenvalue weighted by Crippen LogP contribution is -1.99. The number of imidazole rings is 1. The summed E-state index contributed by atoms with van der Waals surface area (Å²) in [6.45, 7) is 0. The Labute approximate surface area is 111 Å². The van der Waals surface area contributed by atoms with Crippen LogP contribution in [0.4, 0.5) is 5.95 Å². The van der Waals surface area contributed by atoms with Crippen molar-refractivity contribution in [3.05, 3.63) is 67.0 Å². The Morgan fingerprint density at radius 2 is 1.58 bits per heavy atom. The molecule has 0 amide bonds. The highest BCUT2D eigenvalue weighted by Gasteiger charge is 2.02. The van der Waals surface area contributed by atoms with Crippen LogP contribution >= 0.6 is 0 Å². The Hall–Kier alpha value is -2.75. The maximum Gasteiger partial charge on any atom is 0.204 e. The molecule has 0 spiro atoms. The third-order valence-corrected chi connectivity index (χ3v) is 2.76. The summed E-state index contributed by atoms with van der Waals surface area (Å²) in [5, 5.41) is 0. The minimum absolute atomic E-state index is 0.469. The van der Waals surface area contributed by atoms with Gasteiger partial charge in [0.15, 0.2) is 0 Å². The minimum atomic E-state index is 0.469. The zero-order chi connectivity index (χ0) is 13.1. The molecule has 0 bridgehead atoms. The first-order valence-electron chi connectivity index (χ1n) is 5.95. The van der Waals surface area contributed by atoms with E-state index in [1.165, 1.54) is 0 Å². The largest absolute Gasteiger partial charge is 0.457 e. The lowest BCUT2D eigenvalue weighted by atomic mass is 10.3. The molecule has 0 atom stereocenters. The molecule has 94 valence electrons. The molecule has 0 aliphatic heterocycles. The van der Waals surface area contributed by atoms with E-state index in [-0.39, 0.29) is 0 Å². The summed E-state index contributed by atoms with van der Waals surface area (Å²) in [6, 6.07) is 17.4. The first kappa shape index (κ1) is 11.3. The number of ether oxygens (including phenoxy) is 1. The summed E-state index contributed by atoms with van der Waals surface area (Å²) < 4.78 is 7.54. The summed E-state index contributed by atoms with van der Waals surface area (Å²) >= 11 is 0. The molecule has 3 rings (SSSR count). The molecule has 1 aromatic heterocycles. The van der Waals surface area contributed by atoms with Crippen molar-refractivity contribution in [2.45, 2.75) is 0 Å². The van der Waals surface area contributed by atoms with Gasteiger partial charge in [-0.15, -0.1) is 0 Å². The number of hydrogen-bond acceptors (Lipinski definition) is 3. The predicted molar refractivity (Wildman–Crippen MR) is 74.5 cm³/mol. The number of para-hydroxylation sites is 1. The second kappa shape index (κ2) is 4.86. The summed E-state index contributed by atoms with van der Waals surface area (Å²) in [4.78, 5) is 3.99. The molecular formula is C15H13N3O. The van der Waals surface area contributed by atoms with Crippen LogP contribution in [0, 0.1) is 0 Å². The van der Waals surface area contributed by atoms with Gasteiger partial charge in [-0.05, 0) is 36.4 Å². The Kier molecular flexibility index (Phi) is 2.90. The van der Waals surface area contributed by atoms with Crippen molar-refractivity contribution < 1.29 is 4.74 Å². The molecule has 0 aliphatic carbocycles. The average Bonchev–Trinajstić information content (AvgIpc) is 2.87. The normalized spacial score (nSPS) is 10.3. The van der Waals surface area contributed by atoms with Gasteiger partial charge in [0.05, 0.1) is 0 Å². The molecule has 19 heavy (non-hydrogen) atoms. The number of nitrogens with two attached hydrogens (primary N) is 1. The van der Waals surface area contributed by atoms with E-state index < -0.39 is 0 Å². The molecule has 4 heteroatoms. The molecule has 0 unspecified atom stereocenters. The van der Waals surface area contributed by atoms with Gasteiger partial charge in [0.25, 0.3) is 0 Å². The average molecular weight is 251 g/mol. The summed E-state index contributed by atoms with van der Waals surface area (Å²) in [7, 11) is 0. The minimum Gasteiger partial charge on any atom is -0.457 e. The zero-order valence-electron chi connectivity index (χ0n) is 10.2. The van der Waals surface area contributed by atoms with Crippen LogP contribution in [0.25, 0.3) is 5.69 Å². The number of aromatic nitrogens is 2. The second-order valence-corrected chi connectivity index (χ2v) is 4.06. The highest BCUT2D eigenvalue weighted by atomic mass is 16.5. The Balaban J connectivity index is 1.82. The summed E-state index contributed by atoms with van der Waals surface area (Å²) in [5.74, 6) is 2.07. The quantitative estimate of drug-likeness (QED) is 0.777. The van der Waals surface area contributed by atoms with Gasteiger partial charge >= 0.3 is 0 Å². The standard InChI is InChI=1S/C15H13N3O/c16-15-17-10-11-18(15)12-6-8-14(9-7-12)19-13-4-2-1-3-5-13/h1-11H,(H2,16,17). The van der Waals surface area contributed by atoms with Gasteiger partial charge < -0.3 is 10.5 Å². The fourth-order valence-electron chi connectivity index (χ4n) is 1.83. The first-order valence-corrected chi connectivity index (χ1v) is 5.95. The maximum atomic E-state index is 5.75. The monoisotopic (exact) mass is 251 g/mol. The van der Waals surface area contributed by atoms with Crippen molar-refractivity contribution >= 4 is 5.95 Å². The number of nitrogen functional groups attached to an aromatic ring is 1. The van der Waals surface area contributed by atoms with Crippen molar-refractivity contribution in [3.8, 4) is 17.2 Å². The number of nitrogens with zero attached hydrogens (tertiary/aromatic N) is 2. The highest BCUT2D eigenvalue weighted by molar-refractivity contribution is 5.43. The van der Waals surface area contributed by atoms with Gasteiger partial charge in [-0.1, -0.05) is 18.2 Å². The van der Waals surface area contributed by atoms with Gasteiger partial charge in [-0.25, -0.2) is 4.98 Å². The molecule has 0 saturated carbocycles. The molecular weight excluding hydrogens is 238 g/mol. The van der Waals surface area contributed by atoms with E-state index >= 15 is 0 Å². The van der Waals surface area contributed by atoms with Crippen LogP contribution < -0.4 is 10.5 Å². The Morgan fingerprint density at radius 3 is 2.21 bits per heavy atom. The van der Waals surface area contributed by atoms with E-state index in [0.717, 1.165) is 17.2 Å². The molecule has 0 radical (unpaired) electrons. The molecule has 0 saturated heterocycles. The summed E-state index contributed by atoms with van der Waals surface area (Å²) in [6.07, 6.45) is 3.49.